The summed E-state index contributed by atoms with van der Waals surface area (Å²) < 4.78 is 6.09. The highest BCUT2D eigenvalue weighted by atomic mass is 79.9. The molecular formula is C21H18BrN3O3S. The second kappa shape index (κ2) is 8.34. The number of amides is 2. The van der Waals surface area contributed by atoms with Gasteiger partial charge in [-0.05, 0) is 58.7 Å². The summed E-state index contributed by atoms with van der Waals surface area (Å²) in [7, 11) is 1.62. The standard InChI is InChI=1S/C21H18BrN3O3S/c1-28-18-8-7-13(11-16(18)22)17-12-29-21(23-17)24-20(27)14-4-2-5-15(10-14)25-9-3-6-19(25)26/h2,4-5,7-8,10-12H,3,6,9H2,1H3,(H,23,24,27). The Kier molecular flexibility index (Phi) is 5.64. The lowest BCUT2D eigenvalue weighted by Gasteiger charge is -2.16. The molecule has 0 bridgehead atoms. The molecule has 2 aromatic carbocycles. The van der Waals surface area contributed by atoms with Gasteiger partial charge < -0.3 is 9.64 Å². The van der Waals surface area contributed by atoms with E-state index in [1.54, 1.807) is 30.2 Å². The van der Waals surface area contributed by atoms with E-state index in [0.717, 1.165) is 33.6 Å². The first-order valence-electron chi connectivity index (χ1n) is 9.06. The van der Waals surface area contributed by atoms with Crippen LogP contribution in [0.4, 0.5) is 10.8 Å². The summed E-state index contributed by atoms with van der Waals surface area (Å²) in [5.41, 5.74) is 2.93. The van der Waals surface area contributed by atoms with Crippen molar-refractivity contribution in [2.24, 2.45) is 0 Å². The minimum atomic E-state index is -0.254. The van der Waals surface area contributed by atoms with Crippen LogP contribution in [0.2, 0.25) is 0 Å². The quantitative estimate of drug-likeness (QED) is 0.570. The van der Waals surface area contributed by atoms with Crippen molar-refractivity contribution < 1.29 is 14.3 Å². The fourth-order valence-electron chi connectivity index (χ4n) is 3.19. The first kappa shape index (κ1) is 19.6. The number of aromatic nitrogens is 1. The molecule has 0 saturated carbocycles. The highest BCUT2D eigenvalue weighted by molar-refractivity contribution is 9.10. The van der Waals surface area contributed by atoms with E-state index in [-0.39, 0.29) is 11.8 Å². The smallest absolute Gasteiger partial charge is 0.257 e. The Hall–Kier alpha value is -2.71. The highest BCUT2D eigenvalue weighted by Gasteiger charge is 2.22. The number of ether oxygens (including phenoxy) is 1. The summed E-state index contributed by atoms with van der Waals surface area (Å²) in [6, 6.07) is 12.8. The molecule has 0 aliphatic carbocycles. The van der Waals surface area contributed by atoms with Crippen molar-refractivity contribution in [3.63, 3.8) is 0 Å². The maximum absolute atomic E-state index is 12.7. The first-order chi connectivity index (χ1) is 14.0. The van der Waals surface area contributed by atoms with Crippen LogP contribution in [0.25, 0.3) is 11.3 Å². The second-order valence-corrected chi connectivity index (χ2v) is 8.25. The molecular weight excluding hydrogens is 454 g/mol. The summed E-state index contributed by atoms with van der Waals surface area (Å²) in [6.45, 7) is 0.692. The monoisotopic (exact) mass is 471 g/mol. The van der Waals surface area contributed by atoms with Crippen LogP contribution in [0.1, 0.15) is 23.2 Å². The molecule has 0 atom stereocenters. The third kappa shape index (κ3) is 4.18. The Bertz CT molecular complexity index is 1080. The predicted molar refractivity (Wildman–Crippen MR) is 118 cm³/mol. The molecule has 4 rings (SSSR count). The fourth-order valence-corrected chi connectivity index (χ4v) is 4.45. The maximum Gasteiger partial charge on any atom is 0.257 e. The van der Waals surface area contributed by atoms with Crippen LogP contribution < -0.4 is 15.0 Å². The zero-order chi connectivity index (χ0) is 20.4. The van der Waals surface area contributed by atoms with Crippen molar-refractivity contribution >= 4 is 49.9 Å². The molecule has 0 radical (unpaired) electrons. The number of carbonyl (C=O) groups excluding carboxylic acids is 2. The fraction of sp³-hybridized carbons (Fsp3) is 0.190. The highest BCUT2D eigenvalue weighted by Crippen LogP contribution is 2.32. The van der Waals surface area contributed by atoms with Gasteiger partial charge in [-0.25, -0.2) is 4.98 Å². The van der Waals surface area contributed by atoms with Gasteiger partial charge in [-0.1, -0.05) is 6.07 Å². The van der Waals surface area contributed by atoms with Gasteiger partial charge in [0.1, 0.15) is 5.75 Å². The Labute approximate surface area is 180 Å². The Morgan fingerprint density at radius 3 is 2.86 bits per heavy atom. The van der Waals surface area contributed by atoms with Crippen LogP contribution in [-0.4, -0.2) is 30.5 Å². The summed E-state index contributed by atoms with van der Waals surface area (Å²) in [4.78, 5) is 30.9. The van der Waals surface area contributed by atoms with E-state index < -0.39 is 0 Å². The molecule has 1 aromatic heterocycles. The van der Waals surface area contributed by atoms with Crippen LogP contribution in [0, 0.1) is 0 Å². The number of carbonyl (C=O) groups is 2. The van der Waals surface area contributed by atoms with Gasteiger partial charge >= 0.3 is 0 Å². The Balaban J connectivity index is 1.50. The SMILES string of the molecule is COc1ccc(-c2csc(NC(=O)c3cccc(N4CCCC4=O)c3)n2)cc1Br. The summed E-state index contributed by atoms with van der Waals surface area (Å²) >= 11 is 4.83. The predicted octanol–water partition coefficient (Wildman–Crippen LogP) is 4.96. The zero-order valence-electron chi connectivity index (χ0n) is 15.6. The van der Waals surface area contributed by atoms with Gasteiger partial charge in [0, 0.05) is 35.2 Å². The van der Waals surface area contributed by atoms with Crippen LogP contribution in [0.15, 0.2) is 52.3 Å². The summed E-state index contributed by atoms with van der Waals surface area (Å²) in [5, 5.41) is 5.25. The number of benzene rings is 2. The van der Waals surface area contributed by atoms with E-state index in [1.165, 1.54) is 11.3 Å². The minimum absolute atomic E-state index is 0.0952. The van der Waals surface area contributed by atoms with Crippen LogP contribution in [0.5, 0.6) is 5.75 Å². The number of hydrogen-bond donors (Lipinski definition) is 1. The normalized spacial score (nSPS) is 13.6. The summed E-state index contributed by atoms with van der Waals surface area (Å²) in [5.74, 6) is 0.585. The topological polar surface area (TPSA) is 71.5 Å². The van der Waals surface area contributed by atoms with E-state index in [1.807, 2.05) is 29.6 Å². The van der Waals surface area contributed by atoms with Crippen molar-refractivity contribution in [2.45, 2.75) is 12.8 Å². The molecule has 1 saturated heterocycles. The molecule has 1 aliphatic heterocycles. The number of thiazole rings is 1. The van der Waals surface area contributed by atoms with Crippen molar-refractivity contribution in [3.8, 4) is 17.0 Å². The third-order valence-electron chi connectivity index (χ3n) is 4.67. The molecule has 2 amide bonds. The lowest BCUT2D eigenvalue weighted by Crippen LogP contribution is -2.24. The molecule has 1 fully saturated rings. The van der Waals surface area contributed by atoms with Gasteiger partial charge in [-0.3, -0.25) is 14.9 Å². The lowest BCUT2D eigenvalue weighted by molar-refractivity contribution is -0.117. The van der Waals surface area contributed by atoms with E-state index in [9.17, 15) is 9.59 Å². The van der Waals surface area contributed by atoms with Crippen LogP contribution in [-0.2, 0) is 4.79 Å². The molecule has 0 unspecified atom stereocenters. The van der Waals surface area contributed by atoms with Crippen LogP contribution in [0.3, 0.4) is 0 Å². The molecule has 148 valence electrons. The second-order valence-electron chi connectivity index (χ2n) is 6.54. The van der Waals surface area contributed by atoms with Crippen molar-refractivity contribution in [2.75, 3.05) is 23.9 Å². The van der Waals surface area contributed by atoms with Gasteiger partial charge in [-0.2, -0.15) is 0 Å². The molecule has 0 spiro atoms. The number of rotatable bonds is 5. The zero-order valence-corrected chi connectivity index (χ0v) is 18.0. The van der Waals surface area contributed by atoms with Gasteiger partial charge in [0.05, 0.1) is 17.3 Å². The van der Waals surface area contributed by atoms with E-state index in [4.69, 9.17) is 4.74 Å². The van der Waals surface area contributed by atoms with Crippen molar-refractivity contribution in [1.82, 2.24) is 4.98 Å². The molecule has 29 heavy (non-hydrogen) atoms. The lowest BCUT2D eigenvalue weighted by atomic mass is 10.1. The van der Waals surface area contributed by atoms with E-state index in [2.05, 4.69) is 26.2 Å². The average Bonchev–Trinajstić information content (AvgIpc) is 3.37. The number of methoxy groups -OCH3 is 1. The molecule has 1 N–H and O–H groups in total. The van der Waals surface area contributed by atoms with Crippen molar-refractivity contribution in [1.29, 1.82) is 0 Å². The third-order valence-corrected chi connectivity index (χ3v) is 6.04. The van der Waals surface area contributed by atoms with Gasteiger partial charge in [0.15, 0.2) is 5.13 Å². The number of halogens is 1. The van der Waals surface area contributed by atoms with Gasteiger partial charge in [0.25, 0.3) is 5.91 Å². The molecule has 6 nitrogen and oxygen atoms in total. The molecule has 3 aromatic rings. The summed E-state index contributed by atoms with van der Waals surface area (Å²) in [6.07, 6.45) is 1.40. The number of hydrogen-bond acceptors (Lipinski definition) is 5. The Morgan fingerprint density at radius 2 is 2.14 bits per heavy atom. The number of anilines is 2. The number of nitrogens with zero attached hydrogens (tertiary/aromatic N) is 2. The maximum atomic E-state index is 12.7. The Morgan fingerprint density at radius 1 is 1.28 bits per heavy atom. The van der Waals surface area contributed by atoms with Gasteiger partial charge in [-0.15, -0.1) is 11.3 Å². The minimum Gasteiger partial charge on any atom is -0.496 e. The van der Waals surface area contributed by atoms with E-state index >= 15 is 0 Å². The van der Waals surface area contributed by atoms with Crippen LogP contribution >= 0.6 is 27.3 Å². The molecule has 2 heterocycles. The first-order valence-corrected chi connectivity index (χ1v) is 10.7. The van der Waals surface area contributed by atoms with Crippen molar-refractivity contribution in [3.05, 3.63) is 57.9 Å². The van der Waals surface area contributed by atoms with Gasteiger partial charge in [0.2, 0.25) is 5.91 Å². The largest absolute Gasteiger partial charge is 0.496 e. The molecule has 8 heteroatoms. The average molecular weight is 472 g/mol. The van der Waals surface area contributed by atoms with E-state index in [0.29, 0.717) is 23.7 Å². The molecule has 1 aliphatic rings. The number of nitrogens with one attached hydrogen (secondary N) is 1.